The van der Waals surface area contributed by atoms with E-state index in [0.29, 0.717) is 13.2 Å². The highest BCUT2D eigenvalue weighted by Crippen LogP contribution is 2.23. The maximum absolute atomic E-state index is 12.0. The predicted octanol–water partition coefficient (Wildman–Crippen LogP) is 2.09. The lowest BCUT2D eigenvalue weighted by molar-refractivity contribution is -0.159. The number of aromatic nitrogens is 1. The number of hydrogen-bond acceptors (Lipinski definition) is 4. The molecule has 1 aliphatic heterocycles. The summed E-state index contributed by atoms with van der Waals surface area (Å²) < 4.78 is 12.9. The summed E-state index contributed by atoms with van der Waals surface area (Å²) in [5, 5.41) is 5.20. The lowest BCUT2D eigenvalue weighted by Crippen LogP contribution is -2.33. The lowest BCUT2D eigenvalue weighted by Gasteiger charge is -2.20. The first-order chi connectivity index (χ1) is 11.0. The quantitative estimate of drug-likeness (QED) is 0.694. The van der Waals surface area contributed by atoms with Gasteiger partial charge in [0.25, 0.3) is 0 Å². The fourth-order valence-corrected chi connectivity index (χ4v) is 2.87. The van der Waals surface area contributed by atoms with Gasteiger partial charge in [-0.3, -0.25) is 4.79 Å². The van der Waals surface area contributed by atoms with Crippen molar-refractivity contribution in [1.29, 1.82) is 0 Å². The number of aryl methyl sites for hydroxylation is 1. The molecule has 6 heteroatoms. The number of rotatable bonds is 4. The second-order valence-corrected chi connectivity index (χ2v) is 5.88. The summed E-state index contributed by atoms with van der Waals surface area (Å²) in [6.07, 6.45) is 1.81. The van der Waals surface area contributed by atoms with Gasteiger partial charge in [0.15, 0.2) is 5.79 Å². The van der Waals surface area contributed by atoms with Crippen LogP contribution in [0.15, 0.2) is 29.4 Å². The van der Waals surface area contributed by atoms with Crippen LogP contribution in [0, 0.1) is 6.92 Å². The maximum Gasteiger partial charge on any atom is 0.245 e. The average Bonchev–Trinajstić information content (AvgIpc) is 3.05. The fraction of sp³-hybridized carbons (Fsp3) is 0.412. The predicted molar refractivity (Wildman–Crippen MR) is 88.3 cm³/mol. The van der Waals surface area contributed by atoms with Crippen LogP contribution in [0.4, 0.5) is 0 Å². The zero-order chi connectivity index (χ0) is 16.4. The van der Waals surface area contributed by atoms with Crippen molar-refractivity contribution in [2.45, 2.75) is 26.1 Å². The van der Waals surface area contributed by atoms with Gasteiger partial charge in [-0.15, -0.1) is 0 Å². The summed E-state index contributed by atoms with van der Waals surface area (Å²) in [7, 11) is 2.02. The SMILES string of the molecule is Cc1c(C=NNC(=O)CC2(C)OCCO2)c2ccccc2n1C. The van der Waals surface area contributed by atoms with Crippen molar-refractivity contribution < 1.29 is 14.3 Å². The minimum Gasteiger partial charge on any atom is -0.347 e. The molecule has 0 spiro atoms. The van der Waals surface area contributed by atoms with Crippen LogP contribution in [0.3, 0.4) is 0 Å². The van der Waals surface area contributed by atoms with Crippen molar-refractivity contribution in [3.05, 3.63) is 35.5 Å². The van der Waals surface area contributed by atoms with Crippen molar-refractivity contribution in [1.82, 2.24) is 9.99 Å². The molecule has 1 aliphatic rings. The molecule has 1 amide bonds. The third kappa shape index (κ3) is 3.13. The minimum absolute atomic E-state index is 0.124. The third-order valence-corrected chi connectivity index (χ3v) is 4.21. The van der Waals surface area contributed by atoms with Crippen LogP contribution in [0.5, 0.6) is 0 Å². The Kier molecular flexibility index (Phi) is 4.19. The van der Waals surface area contributed by atoms with Crippen LogP contribution in [0.25, 0.3) is 10.9 Å². The van der Waals surface area contributed by atoms with Gasteiger partial charge in [-0.2, -0.15) is 5.10 Å². The lowest BCUT2D eigenvalue weighted by atomic mass is 10.1. The summed E-state index contributed by atoms with van der Waals surface area (Å²) in [5.74, 6) is -1.07. The number of nitrogens with zero attached hydrogens (tertiary/aromatic N) is 2. The van der Waals surface area contributed by atoms with Crippen molar-refractivity contribution in [3.8, 4) is 0 Å². The van der Waals surface area contributed by atoms with Gasteiger partial charge in [0.2, 0.25) is 5.91 Å². The highest BCUT2D eigenvalue weighted by atomic mass is 16.7. The summed E-state index contributed by atoms with van der Waals surface area (Å²) in [4.78, 5) is 12.0. The number of hydrogen-bond donors (Lipinski definition) is 1. The molecule has 6 nitrogen and oxygen atoms in total. The number of carbonyl (C=O) groups excluding carboxylic acids is 1. The zero-order valence-electron chi connectivity index (χ0n) is 13.6. The van der Waals surface area contributed by atoms with E-state index in [4.69, 9.17) is 9.47 Å². The second kappa shape index (κ2) is 6.14. The second-order valence-electron chi connectivity index (χ2n) is 5.88. The first-order valence-electron chi connectivity index (χ1n) is 7.64. The van der Waals surface area contributed by atoms with Crippen molar-refractivity contribution in [2.75, 3.05) is 13.2 Å². The molecule has 1 N–H and O–H groups in total. The Bertz CT molecular complexity index is 758. The van der Waals surface area contributed by atoms with Gasteiger partial charge in [0, 0.05) is 29.2 Å². The Morgan fingerprint density at radius 3 is 2.83 bits per heavy atom. The summed E-state index contributed by atoms with van der Waals surface area (Å²) >= 11 is 0. The van der Waals surface area contributed by atoms with E-state index in [1.807, 2.05) is 32.2 Å². The van der Waals surface area contributed by atoms with Gasteiger partial charge < -0.3 is 14.0 Å². The molecule has 1 aromatic heterocycles. The Morgan fingerprint density at radius 1 is 1.39 bits per heavy atom. The molecule has 1 aromatic carbocycles. The Labute approximate surface area is 135 Å². The van der Waals surface area contributed by atoms with Crippen LogP contribution >= 0.6 is 0 Å². The highest BCUT2D eigenvalue weighted by Gasteiger charge is 2.33. The third-order valence-electron chi connectivity index (χ3n) is 4.21. The van der Waals surface area contributed by atoms with Crippen molar-refractivity contribution >= 4 is 23.0 Å². The summed E-state index contributed by atoms with van der Waals surface area (Å²) in [6, 6.07) is 8.11. The normalized spacial score (nSPS) is 17.2. The van der Waals surface area contributed by atoms with Gasteiger partial charge >= 0.3 is 0 Å². The van der Waals surface area contributed by atoms with Crippen LogP contribution in [-0.2, 0) is 21.3 Å². The van der Waals surface area contributed by atoms with Gasteiger partial charge in [-0.25, -0.2) is 5.43 Å². The molecule has 2 heterocycles. The molecule has 1 saturated heterocycles. The highest BCUT2D eigenvalue weighted by molar-refractivity contribution is 6.01. The number of amides is 1. The van der Waals surface area contributed by atoms with Crippen LogP contribution in [0.1, 0.15) is 24.6 Å². The van der Waals surface area contributed by atoms with E-state index in [1.165, 1.54) is 0 Å². The minimum atomic E-state index is -0.838. The average molecular weight is 315 g/mol. The summed E-state index contributed by atoms with van der Waals surface area (Å²) in [5.41, 5.74) is 5.78. The largest absolute Gasteiger partial charge is 0.347 e. The molecule has 0 atom stereocenters. The van der Waals surface area contributed by atoms with E-state index in [0.717, 1.165) is 22.2 Å². The van der Waals surface area contributed by atoms with Crippen LogP contribution in [0.2, 0.25) is 0 Å². The molecule has 23 heavy (non-hydrogen) atoms. The number of carbonyl (C=O) groups is 1. The molecular weight excluding hydrogens is 294 g/mol. The molecule has 0 aliphatic carbocycles. The molecular formula is C17H21N3O3. The fourth-order valence-electron chi connectivity index (χ4n) is 2.87. The zero-order valence-corrected chi connectivity index (χ0v) is 13.6. The number of hydrazone groups is 1. The van der Waals surface area contributed by atoms with Crippen molar-refractivity contribution in [3.63, 3.8) is 0 Å². The molecule has 1 fully saturated rings. The topological polar surface area (TPSA) is 64.8 Å². The smallest absolute Gasteiger partial charge is 0.245 e. The summed E-state index contributed by atoms with van der Waals surface area (Å²) in [6.45, 7) is 4.83. The van der Waals surface area contributed by atoms with Gasteiger partial charge in [0.05, 0.1) is 25.8 Å². The van der Waals surface area contributed by atoms with Gasteiger partial charge in [-0.05, 0) is 19.9 Å². The first kappa shape index (κ1) is 15.7. The number of fused-ring (bicyclic) bond motifs is 1. The first-order valence-corrected chi connectivity index (χ1v) is 7.64. The molecule has 0 saturated carbocycles. The molecule has 0 radical (unpaired) electrons. The van der Waals surface area contributed by atoms with Crippen LogP contribution in [-0.4, -0.2) is 35.7 Å². The Hall–Kier alpha value is -2.18. The van der Waals surface area contributed by atoms with Gasteiger partial charge in [-0.1, -0.05) is 18.2 Å². The van der Waals surface area contributed by atoms with Gasteiger partial charge in [0.1, 0.15) is 0 Å². The Morgan fingerprint density at radius 2 is 2.09 bits per heavy atom. The van der Waals surface area contributed by atoms with Crippen molar-refractivity contribution in [2.24, 2.45) is 12.1 Å². The van der Waals surface area contributed by atoms with E-state index in [1.54, 1.807) is 13.1 Å². The Balaban J connectivity index is 1.71. The molecule has 3 rings (SSSR count). The van der Waals surface area contributed by atoms with E-state index in [9.17, 15) is 4.79 Å². The number of benzene rings is 1. The number of para-hydroxylation sites is 1. The molecule has 122 valence electrons. The van der Waals surface area contributed by atoms with E-state index < -0.39 is 5.79 Å². The molecule has 0 bridgehead atoms. The molecule has 0 unspecified atom stereocenters. The standard InChI is InChI=1S/C17H21N3O3/c1-12-14(13-6-4-5-7-15(13)20(12)3)11-18-19-16(21)10-17(2)22-8-9-23-17/h4-7,11H,8-10H2,1-3H3,(H,19,21). The van der Waals surface area contributed by atoms with Crippen LogP contribution < -0.4 is 5.43 Å². The van der Waals surface area contributed by atoms with E-state index in [-0.39, 0.29) is 12.3 Å². The van der Waals surface area contributed by atoms with E-state index >= 15 is 0 Å². The maximum atomic E-state index is 12.0. The monoisotopic (exact) mass is 315 g/mol. The van der Waals surface area contributed by atoms with E-state index in [2.05, 4.69) is 21.2 Å². The number of nitrogens with one attached hydrogen (secondary N) is 1. The number of ether oxygens (including phenoxy) is 2. The molecule has 2 aromatic rings.